The minimum Gasteiger partial charge on any atom is -0.482 e. The molecule has 0 fully saturated rings. The molecule has 0 spiro atoms. The molecule has 2 rings (SSSR count). The molecule has 0 radical (unpaired) electrons. The van der Waals surface area contributed by atoms with Crippen LogP contribution in [0.5, 0.6) is 5.75 Å². The molecular formula is C13H12Br2FNOS. The van der Waals surface area contributed by atoms with Crippen LogP contribution in [0.3, 0.4) is 0 Å². The fraction of sp³-hybridized carbons (Fsp3) is 0.231. The van der Waals surface area contributed by atoms with Crippen LogP contribution in [-0.2, 0) is 0 Å². The third-order valence-electron chi connectivity index (χ3n) is 2.49. The number of benzene rings is 1. The Morgan fingerprint density at radius 2 is 2.05 bits per heavy atom. The van der Waals surface area contributed by atoms with Crippen LogP contribution in [0, 0.1) is 5.82 Å². The van der Waals surface area contributed by atoms with Gasteiger partial charge < -0.3 is 10.5 Å². The molecule has 2 nitrogen and oxygen atoms in total. The predicted molar refractivity (Wildman–Crippen MR) is 83.1 cm³/mol. The maximum absolute atomic E-state index is 13.1. The lowest BCUT2D eigenvalue weighted by molar-refractivity contribution is 0.182. The molecule has 2 N–H and O–H groups in total. The number of rotatable bonds is 4. The summed E-state index contributed by atoms with van der Waals surface area (Å²) >= 11 is 8.28. The highest BCUT2D eigenvalue weighted by molar-refractivity contribution is 9.10. The molecule has 0 aliphatic rings. The molecule has 1 aromatic carbocycles. The standard InChI is InChI=1S/C13H12Br2FNOS/c1-7(17)13(12-4-8(14)6-19-12)18-11-3-2-9(16)5-10(11)15/h2-7,13H,17H2,1H3. The van der Waals surface area contributed by atoms with E-state index in [1.54, 1.807) is 17.4 Å². The van der Waals surface area contributed by atoms with E-state index in [9.17, 15) is 4.39 Å². The van der Waals surface area contributed by atoms with Gasteiger partial charge in [-0.05, 0) is 63.0 Å². The molecule has 2 unspecified atom stereocenters. The number of halogens is 3. The van der Waals surface area contributed by atoms with Crippen LogP contribution in [0.15, 0.2) is 38.6 Å². The van der Waals surface area contributed by atoms with Gasteiger partial charge in [0.15, 0.2) is 0 Å². The summed E-state index contributed by atoms with van der Waals surface area (Å²) in [7, 11) is 0. The van der Waals surface area contributed by atoms with E-state index in [4.69, 9.17) is 10.5 Å². The third-order valence-corrected chi connectivity index (χ3v) is 4.87. The minimum atomic E-state index is -0.310. The van der Waals surface area contributed by atoms with E-state index >= 15 is 0 Å². The van der Waals surface area contributed by atoms with Gasteiger partial charge in [-0.15, -0.1) is 11.3 Å². The van der Waals surface area contributed by atoms with Crippen LogP contribution in [-0.4, -0.2) is 6.04 Å². The summed E-state index contributed by atoms with van der Waals surface area (Å²) in [5.74, 6) is 0.267. The minimum absolute atomic E-state index is 0.178. The van der Waals surface area contributed by atoms with Gasteiger partial charge in [-0.3, -0.25) is 0 Å². The average Bonchev–Trinajstić information content (AvgIpc) is 2.74. The van der Waals surface area contributed by atoms with Crippen molar-refractivity contribution in [1.29, 1.82) is 0 Å². The average molecular weight is 409 g/mol. The Hall–Kier alpha value is -0.430. The largest absolute Gasteiger partial charge is 0.482 e. The van der Waals surface area contributed by atoms with Crippen molar-refractivity contribution in [3.63, 3.8) is 0 Å². The van der Waals surface area contributed by atoms with Crippen molar-refractivity contribution in [2.24, 2.45) is 5.73 Å². The lowest BCUT2D eigenvalue weighted by Gasteiger charge is -2.22. The van der Waals surface area contributed by atoms with E-state index in [2.05, 4.69) is 31.9 Å². The lowest BCUT2D eigenvalue weighted by atomic mass is 10.1. The Bertz CT molecular complexity index is 574. The highest BCUT2D eigenvalue weighted by atomic mass is 79.9. The quantitative estimate of drug-likeness (QED) is 0.782. The Morgan fingerprint density at radius 1 is 1.32 bits per heavy atom. The zero-order valence-electron chi connectivity index (χ0n) is 10.1. The van der Waals surface area contributed by atoms with Gasteiger partial charge in [0.25, 0.3) is 0 Å². The van der Waals surface area contributed by atoms with Crippen LogP contribution in [0.2, 0.25) is 0 Å². The van der Waals surface area contributed by atoms with Crippen molar-refractivity contribution in [2.75, 3.05) is 0 Å². The van der Waals surface area contributed by atoms with Crippen molar-refractivity contribution in [3.05, 3.63) is 49.3 Å². The second kappa shape index (κ2) is 6.35. The molecular weight excluding hydrogens is 397 g/mol. The number of hydrogen-bond acceptors (Lipinski definition) is 3. The molecule has 0 bridgehead atoms. The summed E-state index contributed by atoms with van der Waals surface area (Å²) in [5, 5.41) is 1.98. The third kappa shape index (κ3) is 3.78. The fourth-order valence-corrected chi connectivity index (χ4v) is 3.64. The second-order valence-electron chi connectivity index (χ2n) is 4.14. The highest BCUT2D eigenvalue weighted by Crippen LogP contribution is 2.34. The van der Waals surface area contributed by atoms with Crippen molar-refractivity contribution < 1.29 is 9.13 Å². The van der Waals surface area contributed by atoms with E-state index in [0.717, 1.165) is 9.35 Å². The van der Waals surface area contributed by atoms with Gasteiger partial charge >= 0.3 is 0 Å². The van der Waals surface area contributed by atoms with Gasteiger partial charge in [0.2, 0.25) is 0 Å². The Labute approximate surface area is 132 Å². The van der Waals surface area contributed by atoms with E-state index < -0.39 is 0 Å². The molecule has 0 amide bonds. The first kappa shape index (κ1) is 15.0. The Balaban J connectivity index is 2.26. The molecule has 1 aromatic heterocycles. The number of ether oxygens (including phenoxy) is 1. The molecule has 0 aliphatic carbocycles. The van der Waals surface area contributed by atoms with E-state index in [1.165, 1.54) is 12.1 Å². The summed E-state index contributed by atoms with van der Waals surface area (Å²) < 4.78 is 20.5. The topological polar surface area (TPSA) is 35.2 Å². The molecule has 19 heavy (non-hydrogen) atoms. The molecule has 0 saturated heterocycles. The number of hydrogen-bond donors (Lipinski definition) is 1. The van der Waals surface area contributed by atoms with E-state index in [-0.39, 0.29) is 18.0 Å². The van der Waals surface area contributed by atoms with Crippen molar-refractivity contribution >= 4 is 43.2 Å². The zero-order valence-corrected chi connectivity index (χ0v) is 14.1. The predicted octanol–water partition coefficient (Wildman–Crippen LogP) is 4.88. The van der Waals surface area contributed by atoms with Gasteiger partial charge in [0, 0.05) is 20.8 Å². The Kier molecular flexibility index (Phi) is 5.00. The van der Waals surface area contributed by atoms with Crippen LogP contribution in [0.4, 0.5) is 4.39 Å². The van der Waals surface area contributed by atoms with Crippen LogP contribution in [0.25, 0.3) is 0 Å². The molecule has 2 aromatic rings. The smallest absolute Gasteiger partial charge is 0.148 e. The molecule has 0 aliphatic heterocycles. The number of nitrogens with two attached hydrogens (primary N) is 1. The summed E-state index contributed by atoms with van der Waals surface area (Å²) in [6.45, 7) is 1.88. The maximum Gasteiger partial charge on any atom is 0.148 e. The van der Waals surface area contributed by atoms with Crippen molar-refractivity contribution in [2.45, 2.75) is 19.1 Å². The summed E-state index contributed by atoms with van der Waals surface area (Å²) in [6, 6.07) is 6.14. The zero-order chi connectivity index (χ0) is 14.0. The maximum atomic E-state index is 13.1. The fourth-order valence-electron chi connectivity index (χ4n) is 1.61. The van der Waals surface area contributed by atoms with Crippen molar-refractivity contribution in [1.82, 2.24) is 0 Å². The normalized spacial score (nSPS) is 14.2. The highest BCUT2D eigenvalue weighted by Gasteiger charge is 2.21. The SMILES string of the molecule is CC(N)C(Oc1ccc(F)cc1Br)c1cc(Br)cs1. The van der Waals surface area contributed by atoms with Gasteiger partial charge in [-0.2, -0.15) is 0 Å². The first-order valence-electron chi connectivity index (χ1n) is 5.58. The van der Waals surface area contributed by atoms with E-state index in [0.29, 0.717) is 10.2 Å². The lowest BCUT2D eigenvalue weighted by Crippen LogP contribution is -2.28. The summed E-state index contributed by atoms with van der Waals surface area (Å²) in [4.78, 5) is 1.03. The molecule has 102 valence electrons. The van der Waals surface area contributed by atoms with Gasteiger partial charge in [0.1, 0.15) is 17.7 Å². The van der Waals surface area contributed by atoms with Crippen LogP contribution < -0.4 is 10.5 Å². The Morgan fingerprint density at radius 3 is 2.58 bits per heavy atom. The summed E-state index contributed by atoms with van der Waals surface area (Å²) in [6.07, 6.45) is -0.266. The van der Waals surface area contributed by atoms with Gasteiger partial charge in [-0.25, -0.2) is 4.39 Å². The number of thiophene rings is 1. The van der Waals surface area contributed by atoms with Crippen LogP contribution >= 0.6 is 43.2 Å². The molecule has 6 heteroatoms. The van der Waals surface area contributed by atoms with Gasteiger partial charge in [0.05, 0.1) is 4.47 Å². The second-order valence-corrected chi connectivity index (χ2v) is 6.85. The van der Waals surface area contributed by atoms with Crippen LogP contribution in [0.1, 0.15) is 17.9 Å². The molecule has 1 heterocycles. The summed E-state index contributed by atoms with van der Waals surface area (Å²) in [5.41, 5.74) is 5.98. The first-order chi connectivity index (χ1) is 8.97. The first-order valence-corrected chi connectivity index (χ1v) is 8.05. The van der Waals surface area contributed by atoms with E-state index in [1.807, 2.05) is 18.4 Å². The van der Waals surface area contributed by atoms with Crippen molar-refractivity contribution in [3.8, 4) is 5.75 Å². The molecule has 0 saturated carbocycles. The molecule has 2 atom stereocenters. The van der Waals surface area contributed by atoms with Gasteiger partial charge in [-0.1, -0.05) is 0 Å². The monoisotopic (exact) mass is 407 g/mol.